The van der Waals surface area contributed by atoms with Crippen LogP contribution in [0.1, 0.15) is 38.3 Å². The summed E-state index contributed by atoms with van der Waals surface area (Å²) in [5.74, 6) is 1.69. The molecule has 1 aromatic carbocycles. The van der Waals surface area contributed by atoms with Crippen molar-refractivity contribution in [2.24, 2.45) is 0 Å². The molecule has 1 aromatic heterocycles. The van der Waals surface area contributed by atoms with Gasteiger partial charge in [-0.05, 0) is 51.0 Å². The van der Waals surface area contributed by atoms with Gasteiger partial charge in [0.15, 0.2) is 0 Å². The van der Waals surface area contributed by atoms with Crippen molar-refractivity contribution in [1.29, 1.82) is 0 Å². The highest BCUT2D eigenvalue weighted by atomic mass is 32.2. The number of hydrogen-bond acceptors (Lipinski definition) is 7. The van der Waals surface area contributed by atoms with Crippen LogP contribution in [0.2, 0.25) is 0 Å². The minimum absolute atomic E-state index is 0.153. The predicted octanol–water partition coefficient (Wildman–Crippen LogP) is 2.86. The molecule has 4 N–H and O–H groups in total. The van der Waals surface area contributed by atoms with Crippen molar-refractivity contribution in [3.8, 4) is 0 Å². The van der Waals surface area contributed by atoms with E-state index in [0.29, 0.717) is 23.4 Å². The molecule has 1 aliphatic rings. The molecule has 0 radical (unpaired) electrons. The molecule has 8 nitrogen and oxygen atoms in total. The highest BCUT2D eigenvalue weighted by Crippen LogP contribution is 2.39. The van der Waals surface area contributed by atoms with Gasteiger partial charge in [0, 0.05) is 18.0 Å². The fraction of sp³-hybridized carbons (Fsp3) is 0.375. The van der Waals surface area contributed by atoms with E-state index in [0.717, 1.165) is 18.5 Å². The number of hydrazine groups is 1. The Labute approximate surface area is 146 Å². The number of aromatic nitrogens is 2. The largest absolute Gasteiger partial charge is 0.352 e. The summed E-state index contributed by atoms with van der Waals surface area (Å²) in [5, 5.41) is 3.21. The molecule has 0 atom stereocenters. The number of nitrogens with one attached hydrogen (secondary N) is 3. The van der Waals surface area contributed by atoms with Gasteiger partial charge in [0.1, 0.15) is 5.82 Å². The molecular formula is C16H21N5O3S. The van der Waals surface area contributed by atoms with Crippen LogP contribution in [-0.2, 0) is 10.1 Å². The number of anilines is 3. The van der Waals surface area contributed by atoms with Gasteiger partial charge in [-0.15, -0.1) is 0 Å². The molecule has 1 heterocycles. The summed E-state index contributed by atoms with van der Waals surface area (Å²) in [6.45, 7) is 4.05. The summed E-state index contributed by atoms with van der Waals surface area (Å²) in [5.41, 5.74) is 7.61. The van der Waals surface area contributed by atoms with Crippen molar-refractivity contribution in [3.05, 3.63) is 36.0 Å². The maximum atomic E-state index is 11.1. The summed E-state index contributed by atoms with van der Waals surface area (Å²) in [6, 6.07) is 7.87. The SMILES string of the molecule is CC(C)Nc1nc(NNc2ccc(S(=O)(=O)O)cc2)cc(C2CC2)n1. The standard InChI is InChI=1S/C16H21N5O3S/c1-10(2)17-16-18-14(11-3-4-11)9-15(19-16)21-20-12-5-7-13(8-6-12)25(22,23)24/h5-11,20H,3-4H2,1-2H3,(H,22,23,24)(H2,17,18,19,21). The third kappa shape index (κ3) is 4.80. The van der Waals surface area contributed by atoms with Gasteiger partial charge in [-0.2, -0.15) is 13.4 Å². The summed E-state index contributed by atoms with van der Waals surface area (Å²) < 4.78 is 31.1. The monoisotopic (exact) mass is 363 g/mol. The van der Waals surface area contributed by atoms with E-state index in [1.165, 1.54) is 12.1 Å². The van der Waals surface area contributed by atoms with Crippen molar-refractivity contribution in [2.45, 2.75) is 43.5 Å². The third-order valence-corrected chi connectivity index (χ3v) is 4.51. The van der Waals surface area contributed by atoms with Gasteiger partial charge >= 0.3 is 0 Å². The molecule has 3 rings (SSSR count). The number of hydrogen-bond donors (Lipinski definition) is 4. The quantitative estimate of drug-likeness (QED) is 0.438. The van der Waals surface area contributed by atoms with Gasteiger partial charge in [-0.1, -0.05) is 0 Å². The molecule has 1 aliphatic carbocycles. The molecule has 0 bridgehead atoms. The van der Waals surface area contributed by atoms with Gasteiger partial charge in [0.05, 0.1) is 16.3 Å². The van der Waals surface area contributed by atoms with E-state index < -0.39 is 10.1 Å². The van der Waals surface area contributed by atoms with Crippen LogP contribution in [0.4, 0.5) is 17.5 Å². The maximum absolute atomic E-state index is 11.1. The Bertz CT molecular complexity index is 849. The Balaban J connectivity index is 1.72. The molecule has 25 heavy (non-hydrogen) atoms. The van der Waals surface area contributed by atoms with E-state index in [1.54, 1.807) is 12.1 Å². The fourth-order valence-corrected chi connectivity index (χ4v) is 2.77. The molecule has 1 fully saturated rings. The van der Waals surface area contributed by atoms with Crippen LogP contribution in [0, 0.1) is 0 Å². The van der Waals surface area contributed by atoms with Crippen LogP contribution < -0.4 is 16.2 Å². The lowest BCUT2D eigenvalue weighted by molar-refractivity contribution is 0.483. The normalized spacial score (nSPS) is 14.4. The first kappa shape index (κ1) is 17.4. The van der Waals surface area contributed by atoms with Crippen molar-refractivity contribution in [3.63, 3.8) is 0 Å². The predicted molar refractivity (Wildman–Crippen MR) is 96.3 cm³/mol. The first-order valence-electron chi connectivity index (χ1n) is 8.06. The minimum atomic E-state index is -4.19. The van der Waals surface area contributed by atoms with E-state index >= 15 is 0 Å². The zero-order valence-electron chi connectivity index (χ0n) is 14.0. The van der Waals surface area contributed by atoms with Gasteiger partial charge in [-0.3, -0.25) is 15.4 Å². The average molecular weight is 363 g/mol. The first-order valence-corrected chi connectivity index (χ1v) is 9.50. The molecule has 0 saturated heterocycles. The number of benzene rings is 1. The van der Waals surface area contributed by atoms with Crippen molar-refractivity contribution in [2.75, 3.05) is 16.2 Å². The fourth-order valence-electron chi connectivity index (χ4n) is 2.29. The zero-order chi connectivity index (χ0) is 18.0. The van der Waals surface area contributed by atoms with E-state index in [4.69, 9.17) is 4.55 Å². The Morgan fingerprint density at radius 2 is 1.80 bits per heavy atom. The highest BCUT2D eigenvalue weighted by Gasteiger charge is 2.26. The smallest absolute Gasteiger partial charge is 0.294 e. The Hall–Kier alpha value is -2.39. The van der Waals surface area contributed by atoms with Crippen LogP contribution in [0.5, 0.6) is 0 Å². The molecule has 0 spiro atoms. The van der Waals surface area contributed by atoms with Crippen LogP contribution >= 0.6 is 0 Å². The van der Waals surface area contributed by atoms with E-state index in [2.05, 4.69) is 26.1 Å². The summed E-state index contributed by atoms with van der Waals surface area (Å²) in [4.78, 5) is 8.82. The molecular weight excluding hydrogens is 342 g/mol. The van der Waals surface area contributed by atoms with Crippen molar-refractivity contribution < 1.29 is 13.0 Å². The summed E-state index contributed by atoms with van der Waals surface area (Å²) in [7, 11) is -4.19. The number of rotatable bonds is 7. The lowest BCUT2D eigenvalue weighted by atomic mass is 10.3. The molecule has 2 aromatic rings. The maximum Gasteiger partial charge on any atom is 0.294 e. The lowest BCUT2D eigenvalue weighted by Crippen LogP contribution is -2.16. The zero-order valence-corrected chi connectivity index (χ0v) is 14.8. The second-order valence-corrected chi connectivity index (χ2v) is 7.75. The van der Waals surface area contributed by atoms with E-state index in [1.807, 2.05) is 19.9 Å². The first-order chi connectivity index (χ1) is 11.8. The molecule has 9 heteroatoms. The molecule has 0 amide bonds. The van der Waals surface area contributed by atoms with Gasteiger partial charge in [-0.25, -0.2) is 4.98 Å². The van der Waals surface area contributed by atoms with Gasteiger partial charge < -0.3 is 5.32 Å². The molecule has 0 aliphatic heterocycles. The average Bonchev–Trinajstić information content (AvgIpc) is 3.36. The summed E-state index contributed by atoms with van der Waals surface area (Å²) >= 11 is 0. The third-order valence-electron chi connectivity index (χ3n) is 3.65. The van der Waals surface area contributed by atoms with E-state index in [-0.39, 0.29) is 10.9 Å². The Morgan fingerprint density at radius 3 is 2.36 bits per heavy atom. The topological polar surface area (TPSA) is 116 Å². The Kier molecular flexibility index (Phi) is 4.78. The summed E-state index contributed by atoms with van der Waals surface area (Å²) in [6.07, 6.45) is 2.28. The van der Waals surface area contributed by atoms with Crippen LogP contribution in [0.15, 0.2) is 35.2 Å². The van der Waals surface area contributed by atoms with Gasteiger partial charge in [0.2, 0.25) is 5.95 Å². The molecule has 1 saturated carbocycles. The lowest BCUT2D eigenvalue weighted by Gasteiger charge is -2.14. The molecule has 134 valence electrons. The molecule has 0 unspecified atom stereocenters. The number of nitrogens with zero attached hydrogens (tertiary/aromatic N) is 2. The van der Waals surface area contributed by atoms with Crippen molar-refractivity contribution >= 4 is 27.6 Å². The minimum Gasteiger partial charge on any atom is -0.352 e. The second-order valence-electron chi connectivity index (χ2n) is 6.32. The van der Waals surface area contributed by atoms with Crippen LogP contribution in [-0.4, -0.2) is 29.0 Å². The second kappa shape index (κ2) is 6.85. The van der Waals surface area contributed by atoms with E-state index in [9.17, 15) is 8.42 Å². The Morgan fingerprint density at radius 1 is 1.12 bits per heavy atom. The highest BCUT2D eigenvalue weighted by molar-refractivity contribution is 7.85. The van der Waals surface area contributed by atoms with Crippen LogP contribution in [0.3, 0.4) is 0 Å². The van der Waals surface area contributed by atoms with Crippen LogP contribution in [0.25, 0.3) is 0 Å². The van der Waals surface area contributed by atoms with Gasteiger partial charge in [0.25, 0.3) is 10.1 Å². The van der Waals surface area contributed by atoms with Crippen molar-refractivity contribution in [1.82, 2.24) is 9.97 Å².